The second kappa shape index (κ2) is 35.4. The van der Waals surface area contributed by atoms with E-state index in [0.717, 1.165) is 226 Å². The van der Waals surface area contributed by atoms with Crippen LogP contribution in [0.15, 0.2) is 456 Å². The maximum atomic E-state index is 10.0. The van der Waals surface area contributed by atoms with E-state index in [-0.39, 0.29) is 0 Å². The van der Waals surface area contributed by atoms with Gasteiger partial charge in [0.1, 0.15) is 0 Å². The number of rotatable bonds is 12. The van der Waals surface area contributed by atoms with Gasteiger partial charge in [0.15, 0.2) is 0 Å². The van der Waals surface area contributed by atoms with Crippen LogP contribution in [0.2, 0.25) is 0 Å². The quantitative estimate of drug-likeness (QED) is 0.114. The Labute approximate surface area is 825 Å². The maximum absolute atomic E-state index is 10.0. The van der Waals surface area contributed by atoms with E-state index in [9.17, 15) is 31.6 Å². The van der Waals surface area contributed by atoms with Crippen LogP contribution in [-0.2, 0) is 0 Å². The molecule has 9 aromatic heterocycles. The van der Waals surface area contributed by atoms with E-state index in [1.807, 2.05) is 183 Å². The zero-order valence-electron chi connectivity index (χ0n) is 77.0. The first-order chi connectivity index (χ1) is 71.2. The third-order valence-electron chi connectivity index (χ3n) is 27.8. The molecule has 0 aliphatic heterocycles. The highest BCUT2D eigenvalue weighted by molar-refractivity contribution is 6.16. The van der Waals surface area contributed by atoms with Crippen LogP contribution in [0, 0.1) is 68.0 Å². The van der Waals surface area contributed by atoms with Crippen LogP contribution in [0.5, 0.6) is 0 Å². The minimum absolute atomic E-state index is 0.622. The first-order valence-electron chi connectivity index (χ1n) is 47.2. The molecule has 15 heteroatoms. The first-order valence-corrected chi connectivity index (χ1v) is 47.2. The monoisotopic (exact) mass is 1830 g/mol. The van der Waals surface area contributed by atoms with Crippen LogP contribution in [-0.4, -0.2) is 42.4 Å². The van der Waals surface area contributed by atoms with Crippen molar-refractivity contribution in [2.24, 2.45) is 0 Å². The van der Waals surface area contributed by atoms with Crippen molar-refractivity contribution in [1.29, 1.82) is 31.6 Å². The number of hydrogen-bond donors (Lipinski definition) is 0. The molecule has 0 saturated carbocycles. The van der Waals surface area contributed by atoms with Gasteiger partial charge in [-0.2, -0.15) is 31.6 Å². The number of hydrogen-bond acceptors (Lipinski definition) is 9. The predicted octanol–water partition coefficient (Wildman–Crippen LogP) is 31.1. The molecule has 0 N–H and O–H groups in total. The Balaban J connectivity index is 0.000000113. The number of benzene rings is 18. The van der Waals surface area contributed by atoms with Crippen molar-refractivity contribution in [1.82, 2.24) is 42.4 Å². The fraction of sp³-hybridized carbons (Fsp3) is 0. The molecule has 0 unspecified atom stereocenters. The molecule has 0 saturated heterocycles. The lowest BCUT2D eigenvalue weighted by Gasteiger charge is -2.17. The lowest BCUT2D eigenvalue weighted by Crippen LogP contribution is -2.01. The zero-order valence-corrected chi connectivity index (χ0v) is 77.0. The van der Waals surface area contributed by atoms with E-state index in [1.54, 1.807) is 0 Å². The summed E-state index contributed by atoms with van der Waals surface area (Å²) in [6, 6.07) is 157. The van der Waals surface area contributed by atoms with Crippen LogP contribution >= 0.6 is 0 Å². The first kappa shape index (κ1) is 84.9. The van der Waals surface area contributed by atoms with Crippen molar-refractivity contribution >= 4 is 131 Å². The van der Waals surface area contributed by atoms with Gasteiger partial charge in [0.2, 0.25) is 0 Å². The van der Waals surface area contributed by atoms with E-state index in [0.29, 0.717) is 33.4 Å². The van der Waals surface area contributed by atoms with E-state index >= 15 is 0 Å². The highest BCUT2D eigenvalue weighted by atomic mass is 15.0. The van der Waals surface area contributed by atoms with Crippen molar-refractivity contribution in [2.75, 3.05) is 0 Å². The van der Waals surface area contributed by atoms with Crippen LogP contribution in [0.1, 0.15) is 33.4 Å². The second-order valence-corrected chi connectivity index (χ2v) is 35.7. The van der Waals surface area contributed by atoms with Crippen molar-refractivity contribution in [3.63, 3.8) is 0 Å². The Morgan fingerprint density at radius 1 is 0.153 bits per heavy atom. The summed E-state index contributed by atoms with van der Waals surface area (Å²) in [6.45, 7) is 0. The number of pyridine rings is 3. The number of nitriles is 6. The molecule has 0 fully saturated rings. The average Bonchev–Trinajstić information content (AvgIpc) is 1.57. The van der Waals surface area contributed by atoms with E-state index in [4.69, 9.17) is 0 Å². The van der Waals surface area contributed by atoms with Crippen molar-refractivity contribution < 1.29 is 0 Å². The Bertz CT molecular complexity index is 10100. The van der Waals surface area contributed by atoms with E-state index in [2.05, 4.69) is 352 Å². The molecule has 0 spiro atoms. The molecule has 0 bridgehead atoms. The Morgan fingerprint density at radius 2 is 0.403 bits per heavy atom. The van der Waals surface area contributed by atoms with Crippen LogP contribution < -0.4 is 0 Å². The largest absolute Gasteiger partial charge is 0.309 e. The lowest BCUT2D eigenvalue weighted by molar-refractivity contribution is 1.13. The molecular weight excluding hydrogens is 1760 g/mol. The topological polar surface area (TPSA) is 211 Å². The fourth-order valence-electron chi connectivity index (χ4n) is 21.5. The van der Waals surface area contributed by atoms with Crippen molar-refractivity contribution in [2.45, 2.75) is 0 Å². The lowest BCUT2D eigenvalue weighted by atomic mass is 9.91. The van der Waals surface area contributed by atoms with Crippen LogP contribution in [0.4, 0.5) is 0 Å². The Morgan fingerprint density at radius 3 is 0.736 bits per heavy atom. The highest BCUT2D eigenvalue weighted by Gasteiger charge is 2.26. The normalized spacial score (nSPS) is 11.3. The molecule has 27 rings (SSSR count). The van der Waals surface area contributed by atoms with Gasteiger partial charge in [-0.25, -0.2) is 0 Å². The summed E-state index contributed by atoms with van der Waals surface area (Å²) in [4.78, 5) is 13.6. The summed E-state index contributed by atoms with van der Waals surface area (Å²) in [6.07, 6.45) is 11.4. The molecule has 18 aromatic carbocycles. The van der Waals surface area contributed by atoms with Gasteiger partial charge in [-0.3, -0.25) is 15.0 Å². The summed E-state index contributed by atoms with van der Waals surface area (Å²) >= 11 is 0. The number of nitrogens with zero attached hydrogens (tertiary/aromatic N) is 15. The van der Waals surface area contributed by atoms with Gasteiger partial charge < -0.3 is 27.4 Å². The predicted molar refractivity (Wildman–Crippen MR) is 580 cm³/mol. The smallest absolute Gasteiger partial charge is 0.0998 e. The number of fused-ring (bicyclic) bond motifs is 18. The fourth-order valence-corrected chi connectivity index (χ4v) is 21.5. The summed E-state index contributed by atoms with van der Waals surface area (Å²) in [5.41, 5.74) is 34.7. The summed E-state index contributed by atoms with van der Waals surface area (Å²) in [5.74, 6) is 0. The third kappa shape index (κ3) is 14.3. The average molecular weight is 1840 g/mol. The maximum Gasteiger partial charge on any atom is 0.0998 e. The number of aromatic nitrogens is 9. The van der Waals surface area contributed by atoms with E-state index < -0.39 is 0 Å². The Hall–Kier alpha value is -20.8. The molecule has 9 heterocycles. The van der Waals surface area contributed by atoms with Gasteiger partial charge in [0, 0.05) is 123 Å². The van der Waals surface area contributed by atoms with Gasteiger partial charge >= 0.3 is 0 Å². The SMILES string of the molecule is N#Cc1ccc(-c2ccccc2-c2cc(-n3c4ccccc4c4cc(C#N)ccc43)cc(-n3c4ccccc4c4ccncc43)c2)cc1.N#Cc1ccc2c(c1)c1ccccc1n2-c1cc(-c2ccccc2-c2ccccc2C#N)cc(-n2c3ccccc3c3ccncc32)c1.N#Cc1cccc(-c2ccccc2-c2cc(-n3c4ccccc4c4cc(C#N)ccc43)cc(-n3c4ccccc4c4ccncc43)c2)c1. The molecule has 144 heavy (non-hydrogen) atoms. The van der Waals surface area contributed by atoms with Gasteiger partial charge in [-0.05, 0) is 255 Å². The van der Waals surface area contributed by atoms with Gasteiger partial charge in [0.25, 0.3) is 0 Å². The van der Waals surface area contributed by atoms with Crippen LogP contribution in [0.3, 0.4) is 0 Å². The minimum Gasteiger partial charge on any atom is -0.309 e. The molecule has 27 aromatic rings. The summed E-state index contributed by atoms with van der Waals surface area (Å²) < 4.78 is 13.8. The third-order valence-corrected chi connectivity index (χ3v) is 27.8. The minimum atomic E-state index is 0.622. The van der Waals surface area contributed by atoms with Crippen LogP contribution in [0.25, 0.3) is 232 Å². The summed E-state index contributed by atoms with van der Waals surface area (Å²) in [5, 5.41) is 71.6. The number of para-hydroxylation sites is 6. The second-order valence-electron chi connectivity index (χ2n) is 35.7. The molecular formula is C129H75N15. The van der Waals surface area contributed by atoms with Gasteiger partial charge in [0.05, 0.1) is 155 Å². The molecule has 0 aliphatic carbocycles. The summed E-state index contributed by atoms with van der Waals surface area (Å²) in [7, 11) is 0. The van der Waals surface area contributed by atoms with Gasteiger partial charge in [-0.15, -0.1) is 0 Å². The van der Waals surface area contributed by atoms with Gasteiger partial charge in [-0.1, -0.05) is 224 Å². The molecule has 0 radical (unpaired) electrons. The molecule has 0 aliphatic rings. The van der Waals surface area contributed by atoms with Crippen molar-refractivity contribution in [3.05, 3.63) is 489 Å². The standard InChI is InChI=1S/3C43H25N5/c44-25-28-8-7-9-30(20-28)34-10-1-2-11-35(34)31-22-32(47-41-15-6-4-13-37(41)39-21-29(26-45)16-17-42(39)47)24-33(23-31)48-40-14-5-3-12-36(40)38-18-19-46-27-43(38)48;44-25-28-13-16-30(17-14-28)34-7-1-2-8-35(34)31-22-32(47-41-12-6-4-10-37(41)39-21-29(26-45)15-18-42(39)47)24-33(23-31)48-40-11-5-3-9-36(40)38-19-20-46-27-43(38)48;44-25-28-17-18-42-39(21-28)37-14-6-8-16-41(37)47(42)31-22-30(34-11-3-4-12-35(34)33-10-2-1-9-29(33)26-45)23-32(24-31)48-40-15-7-5-13-36(40)38-19-20-46-27-43(38)48/h3*1-24,27H. The molecule has 15 nitrogen and oxygen atoms in total. The molecule has 0 amide bonds. The van der Waals surface area contributed by atoms with Crippen molar-refractivity contribution in [3.8, 4) is 137 Å². The molecule has 0 atom stereocenters. The Kier molecular flexibility index (Phi) is 20.8. The zero-order chi connectivity index (χ0) is 96.6. The molecule has 666 valence electrons. The van der Waals surface area contributed by atoms with E-state index in [1.165, 1.54) is 5.39 Å². The highest BCUT2D eigenvalue weighted by Crippen LogP contribution is 2.47.